The average molecular weight is 321 g/mol. The van der Waals surface area contributed by atoms with Gasteiger partial charge in [0, 0.05) is 24.4 Å². The van der Waals surface area contributed by atoms with Crippen LogP contribution in [-0.4, -0.2) is 28.5 Å². The van der Waals surface area contributed by atoms with E-state index in [-0.39, 0.29) is 12.0 Å². The molecule has 1 N–H and O–H groups in total. The minimum Gasteiger partial charge on any atom is -0.488 e. The molecular formula is C18H15N3O3. The van der Waals surface area contributed by atoms with Crippen LogP contribution >= 0.6 is 0 Å². The van der Waals surface area contributed by atoms with Crippen LogP contribution in [0.25, 0.3) is 11.3 Å². The Kier molecular flexibility index (Phi) is 3.70. The highest BCUT2D eigenvalue weighted by Gasteiger charge is 2.24. The van der Waals surface area contributed by atoms with E-state index in [2.05, 4.69) is 21.4 Å². The number of amides is 1. The second kappa shape index (κ2) is 6.16. The molecule has 6 nitrogen and oxygen atoms in total. The van der Waals surface area contributed by atoms with Gasteiger partial charge in [-0.2, -0.15) is 0 Å². The SMILES string of the molecule is O=C(NCC1Cc2cc(-c3cnccn3)ccc2O1)c1ccoc1. The Hall–Kier alpha value is -3.15. The van der Waals surface area contributed by atoms with Crippen LogP contribution in [0.2, 0.25) is 0 Å². The van der Waals surface area contributed by atoms with Crippen molar-refractivity contribution in [1.29, 1.82) is 0 Å². The second-order valence-corrected chi connectivity index (χ2v) is 5.58. The van der Waals surface area contributed by atoms with Gasteiger partial charge in [-0.15, -0.1) is 0 Å². The summed E-state index contributed by atoms with van der Waals surface area (Å²) in [6, 6.07) is 7.61. The highest BCUT2D eigenvalue weighted by atomic mass is 16.5. The number of benzene rings is 1. The lowest BCUT2D eigenvalue weighted by molar-refractivity contribution is 0.0933. The molecule has 1 amide bonds. The maximum atomic E-state index is 11.9. The van der Waals surface area contributed by atoms with Gasteiger partial charge in [0.2, 0.25) is 0 Å². The van der Waals surface area contributed by atoms with Crippen molar-refractivity contribution in [3.63, 3.8) is 0 Å². The van der Waals surface area contributed by atoms with E-state index in [4.69, 9.17) is 9.15 Å². The summed E-state index contributed by atoms with van der Waals surface area (Å²) < 4.78 is 10.8. The van der Waals surface area contributed by atoms with Crippen molar-refractivity contribution in [2.45, 2.75) is 12.5 Å². The van der Waals surface area contributed by atoms with E-state index in [1.54, 1.807) is 24.7 Å². The fourth-order valence-electron chi connectivity index (χ4n) is 2.74. The molecule has 0 saturated heterocycles. The van der Waals surface area contributed by atoms with Gasteiger partial charge < -0.3 is 14.5 Å². The quantitative estimate of drug-likeness (QED) is 0.799. The third kappa shape index (κ3) is 2.86. The van der Waals surface area contributed by atoms with Gasteiger partial charge in [-0.05, 0) is 29.8 Å². The molecule has 6 heteroatoms. The van der Waals surface area contributed by atoms with E-state index in [0.717, 1.165) is 29.0 Å². The molecule has 1 aliphatic heterocycles. The smallest absolute Gasteiger partial charge is 0.254 e. The minimum atomic E-state index is -0.163. The minimum absolute atomic E-state index is 0.0760. The van der Waals surface area contributed by atoms with Crippen molar-refractivity contribution >= 4 is 5.91 Å². The summed E-state index contributed by atoms with van der Waals surface area (Å²) in [4.78, 5) is 20.3. The van der Waals surface area contributed by atoms with Gasteiger partial charge in [0.15, 0.2) is 0 Å². The number of carbonyl (C=O) groups excluding carboxylic acids is 1. The Bertz CT molecular complexity index is 847. The molecule has 24 heavy (non-hydrogen) atoms. The Labute approximate surface area is 138 Å². The molecule has 0 bridgehead atoms. The van der Waals surface area contributed by atoms with Gasteiger partial charge in [-0.3, -0.25) is 14.8 Å². The molecule has 1 aromatic carbocycles. The van der Waals surface area contributed by atoms with E-state index in [0.29, 0.717) is 12.1 Å². The predicted octanol–water partition coefficient (Wildman–Crippen LogP) is 2.47. The van der Waals surface area contributed by atoms with Gasteiger partial charge in [0.05, 0.1) is 30.3 Å². The first kappa shape index (κ1) is 14.4. The number of nitrogens with one attached hydrogen (secondary N) is 1. The number of nitrogens with zero attached hydrogens (tertiary/aromatic N) is 2. The molecule has 0 spiro atoms. The molecule has 4 rings (SSSR count). The number of ether oxygens (including phenoxy) is 1. The molecule has 1 atom stereocenters. The molecule has 120 valence electrons. The van der Waals surface area contributed by atoms with Crippen molar-refractivity contribution in [2.24, 2.45) is 0 Å². The van der Waals surface area contributed by atoms with Crippen molar-refractivity contribution in [1.82, 2.24) is 15.3 Å². The first-order valence-electron chi connectivity index (χ1n) is 7.66. The van der Waals surface area contributed by atoms with E-state index >= 15 is 0 Å². The molecule has 0 aliphatic carbocycles. The van der Waals surface area contributed by atoms with Crippen molar-refractivity contribution in [3.8, 4) is 17.0 Å². The predicted molar refractivity (Wildman–Crippen MR) is 86.6 cm³/mol. The molecule has 0 radical (unpaired) electrons. The fourth-order valence-corrected chi connectivity index (χ4v) is 2.74. The molecule has 3 heterocycles. The third-order valence-corrected chi connectivity index (χ3v) is 3.93. The number of carbonyl (C=O) groups is 1. The van der Waals surface area contributed by atoms with Gasteiger partial charge in [0.1, 0.15) is 18.1 Å². The molecule has 1 unspecified atom stereocenters. The van der Waals surface area contributed by atoms with Crippen molar-refractivity contribution < 1.29 is 13.9 Å². The molecular weight excluding hydrogens is 306 g/mol. The molecule has 0 fully saturated rings. The largest absolute Gasteiger partial charge is 0.488 e. The normalized spacial score (nSPS) is 15.6. The maximum Gasteiger partial charge on any atom is 0.254 e. The summed E-state index contributed by atoms with van der Waals surface area (Å²) in [5.41, 5.74) is 3.46. The fraction of sp³-hybridized carbons (Fsp3) is 0.167. The van der Waals surface area contributed by atoms with E-state index in [9.17, 15) is 4.79 Å². The summed E-state index contributed by atoms with van der Waals surface area (Å²) >= 11 is 0. The second-order valence-electron chi connectivity index (χ2n) is 5.58. The zero-order valence-corrected chi connectivity index (χ0v) is 12.8. The van der Waals surface area contributed by atoms with Crippen LogP contribution in [0.4, 0.5) is 0 Å². The number of rotatable bonds is 4. The first-order chi connectivity index (χ1) is 11.8. The van der Waals surface area contributed by atoms with Gasteiger partial charge >= 0.3 is 0 Å². The van der Waals surface area contributed by atoms with Crippen LogP contribution in [0, 0.1) is 0 Å². The number of fused-ring (bicyclic) bond motifs is 1. The number of aromatic nitrogens is 2. The number of hydrogen-bond donors (Lipinski definition) is 1. The average Bonchev–Trinajstić information content (AvgIpc) is 3.29. The lowest BCUT2D eigenvalue weighted by Crippen LogP contribution is -2.34. The first-order valence-corrected chi connectivity index (χ1v) is 7.66. The third-order valence-electron chi connectivity index (χ3n) is 3.93. The van der Waals surface area contributed by atoms with Crippen molar-refractivity contribution in [3.05, 3.63) is 66.5 Å². The molecule has 2 aromatic heterocycles. The molecule has 1 aliphatic rings. The van der Waals surface area contributed by atoms with Crippen LogP contribution in [0.1, 0.15) is 15.9 Å². The molecule has 3 aromatic rings. The Balaban J connectivity index is 1.42. The van der Waals surface area contributed by atoms with Crippen molar-refractivity contribution in [2.75, 3.05) is 6.54 Å². The van der Waals surface area contributed by atoms with Crippen LogP contribution in [0.3, 0.4) is 0 Å². The van der Waals surface area contributed by atoms with Crippen LogP contribution < -0.4 is 10.1 Å². The number of hydrogen-bond acceptors (Lipinski definition) is 5. The van der Waals surface area contributed by atoms with Crippen LogP contribution in [0.5, 0.6) is 5.75 Å². The highest BCUT2D eigenvalue weighted by Crippen LogP contribution is 2.32. The summed E-state index contributed by atoms with van der Waals surface area (Å²) in [7, 11) is 0. The topological polar surface area (TPSA) is 77.2 Å². The summed E-state index contributed by atoms with van der Waals surface area (Å²) in [6.07, 6.45) is 8.63. The highest BCUT2D eigenvalue weighted by molar-refractivity contribution is 5.93. The standard InChI is InChI=1S/C18H15N3O3/c22-18(13-3-6-23-11-13)21-9-15-8-14-7-12(1-2-17(14)24-15)16-10-19-4-5-20-16/h1-7,10-11,15H,8-9H2,(H,21,22). The van der Waals surface area contributed by atoms with Crippen LogP contribution in [-0.2, 0) is 6.42 Å². The lowest BCUT2D eigenvalue weighted by Gasteiger charge is -2.11. The number of furan rings is 1. The van der Waals surface area contributed by atoms with Gasteiger partial charge in [0.25, 0.3) is 5.91 Å². The van der Waals surface area contributed by atoms with Crippen LogP contribution in [0.15, 0.2) is 59.8 Å². The monoisotopic (exact) mass is 321 g/mol. The summed E-state index contributed by atoms with van der Waals surface area (Å²) in [5, 5.41) is 2.86. The van der Waals surface area contributed by atoms with E-state index in [1.165, 1.54) is 12.5 Å². The van der Waals surface area contributed by atoms with E-state index in [1.807, 2.05) is 12.1 Å². The molecule has 0 saturated carbocycles. The Morgan fingerprint density at radius 3 is 3.04 bits per heavy atom. The van der Waals surface area contributed by atoms with Gasteiger partial charge in [-0.25, -0.2) is 0 Å². The maximum absolute atomic E-state index is 11.9. The zero-order chi connectivity index (χ0) is 16.4. The zero-order valence-electron chi connectivity index (χ0n) is 12.8. The van der Waals surface area contributed by atoms with Gasteiger partial charge in [-0.1, -0.05) is 0 Å². The summed E-state index contributed by atoms with van der Waals surface area (Å²) in [5.74, 6) is 0.689. The lowest BCUT2D eigenvalue weighted by atomic mass is 10.0. The van der Waals surface area contributed by atoms with E-state index < -0.39 is 0 Å². The Morgan fingerprint density at radius 1 is 1.29 bits per heavy atom. The summed E-state index contributed by atoms with van der Waals surface area (Å²) in [6.45, 7) is 0.444. The Morgan fingerprint density at radius 2 is 2.25 bits per heavy atom.